The Bertz CT molecular complexity index is 817. The number of sulfonamides is 1. The summed E-state index contributed by atoms with van der Waals surface area (Å²) in [7, 11) is -4.08. The highest BCUT2D eigenvalue weighted by Gasteiger charge is 2.30. The standard InChI is InChI=1S/C18H27N3O5S/c1-13-10-16(21(23)24)11-17(14(13)2)27(25,26)20(12-18(19)22)9-8-15-6-4-3-5-7-15/h10-11,15H,3-9,12H2,1-2H3,(H2,19,22). The summed E-state index contributed by atoms with van der Waals surface area (Å²) in [6.45, 7) is 2.98. The molecule has 0 radical (unpaired) electrons. The molecule has 1 fully saturated rings. The molecule has 1 saturated carbocycles. The van der Waals surface area contributed by atoms with Crippen molar-refractivity contribution in [2.24, 2.45) is 11.7 Å². The fourth-order valence-corrected chi connectivity index (χ4v) is 5.32. The number of primary amides is 1. The van der Waals surface area contributed by atoms with Crippen molar-refractivity contribution in [3.63, 3.8) is 0 Å². The molecule has 0 unspecified atom stereocenters. The van der Waals surface area contributed by atoms with Gasteiger partial charge in [-0.3, -0.25) is 14.9 Å². The summed E-state index contributed by atoms with van der Waals surface area (Å²) < 4.78 is 27.4. The molecule has 2 N–H and O–H groups in total. The van der Waals surface area contributed by atoms with Gasteiger partial charge in [0.2, 0.25) is 15.9 Å². The van der Waals surface area contributed by atoms with Gasteiger partial charge in [-0.05, 0) is 37.3 Å². The van der Waals surface area contributed by atoms with Gasteiger partial charge in [0.25, 0.3) is 5.69 Å². The van der Waals surface area contributed by atoms with E-state index in [4.69, 9.17) is 5.73 Å². The van der Waals surface area contributed by atoms with Crippen molar-refractivity contribution in [2.45, 2.75) is 57.3 Å². The first-order chi connectivity index (χ1) is 12.6. The van der Waals surface area contributed by atoms with Gasteiger partial charge in [-0.25, -0.2) is 8.42 Å². The van der Waals surface area contributed by atoms with Crippen molar-refractivity contribution in [2.75, 3.05) is 13.1 Å². The van der Waals surface area contributed by atoms with E-state index in [0.29, 0.717) is 23.5 Å². The van der Waals surface area contributed by atoms with E-state index in [0.717, 1.165) is 36.1 Å². The molecule has 150 valence electrons. The number of hydrogen-bond donors (Lipinski definition) is 1. The molecule has 8 nitrogen and oxygen atoms in total. The fraction of sp³-hybridized carbons (Fsp3) is 0.611. The monoisotopic (exact) mass is 397 g/mol. The van der Waals surface area contributed by atoms with Crippen molar-refractivity contribution in [1.29, 1.82) is 0 Å². The van der Waals surface area contributed by atoms with E-state index in [1.165, 1.54) is 12.5 Å². The second-order valence-electron chi connectivity index (χ2n) is 7.24. The first-order valence-corrected chi connectivity index (χ1v) is 10.6. The first-order valence-electron chi connectivity index (χ1n) is 9.17. The molecule has 0 aromatic heterocycles. The summed E-state index contributed by atoms with van der Waals surface area (Å²) in [6.07, 6.45) is 6.23. The largest absolute Gasteiger partial charge is 0.369 e. The number of hydrogen-bond acceptors (Lipinski definition) is 5. The average Bonchev–Trinajstić information content (AvgIpc) is 2.60. The maximum atomic E-state index is 13.2. The summed E-state index contributed by atoms with van der Waals surface area (Å²) in [4.78, 5) is 21.9. The smallest absolute Gasteiger partial charge is 0.271 e. The SMILES string of the molecule is Cc1cc([N+](=O)[O-])cc(S(=O)(=O)N(CCC2CCCCC2)CC(N)=O)c1C. The molecule has 9 heteroatoms. The van der Waals surface area contributed by atoms with E-state index in [1.807, 2.05) is 0 Å². The number of rotatable bonds is 8. The molecule has 1 aliphatic rings. The van der Waals surface area contributed by atoms with Crippen LogP contribution in [-0.4, -0.2) is 36.6 Å². The van der Waals surface area contributed by atoms with Crippen LogP contribution >= 0.6 is 0 Å². The van der Waals surface area contributed by atoms with Gasteiger partial charge in [-0.15, -0.1) is 0 Å². The quantitative estimate of drug-likeness (QED) is 0.533. The Morgan fingerprint density at radius 1 is 1.26 bits per heavy atom. The maximum Gasteiger partial charge on any atom is 0.271 e. The molecular formula is C18H27N3O5S. The summed E-state index contributed by atoms with van der Waals surface area (Å²) in [5.41, 5.74) is 5.93. The highest BCUT2D eigenvalue weighted by molar-refractivity contribution is 7.89. The van der Waals surface area contributed by atoms with Crippen LogP contribution < -0.4 is 5.73 Å². The number of non-ortho nitro benzene ring substituents is 1. The van der Waals surface area contributed by atoms with E-state index in [-0.39, 0.29) is 17.1 Å². The molecule has 0 aliphatic heterocycles. The normalized spacial score (nSPS) is 15.8. The number of carbonyl (C=O) groups is 1. The molecule has 0 heterocycles. The van der Waals surface area contributed by atoms with Crippen molar-refractivity contribution < 1.29 is 18.1 Å². The zero-order valence-electron chi connectivity index (χ0n) is 15.8. The minimum Gasteiger partial charge on any atom is -0.369 e. The van der Waals surface area contributed by atoms with Crippen molar-refractivity contribution in [3.8, 4) is 0 Å². The predicted octanol–water partition coefficient (Wildman–Crippen LogP) is 2.66. The molecule has 1 aliphatic carbocycles. The van der Waals surface area contributed by atoms with Crippen LogP contribution in [0.1, 0.15) is 49.7 Å². The zero-order chi connectivity index (χ0) is 20.2. The van der Waals surface area contributed by atoms with E-state index in [9.17, 15) is 23.3 Å². The number of carbonyl (C=O) groups excluding carboxylic acids is 1. The summed E-state index contributed by atoms with van der Waals surface area (Å²) in [5, 5.41) is 11.1. The lowest BCUT2D eigenvalue weighted by atomic mass is 9.87. The topological polar surface area (TPSA) is 124 Å². The van der Waals surface area contributed by atoms with E-state index >= 15 is 0 Å². The van der Waals surface area contributed by atoms with Crippen LogP contribution in [0.4, 0.5) is 5.69 Å². The second kappa shape index (κ2) is 8.79. The number of nitrogens with two attached hydrogens (primary N) is 1. The molecule has 27 heavy (non-hydrogen) atoms. The maximum absolute atomic E-state index is 13.2. The Morgan fingerprint density at radius 3 is 2.44 bits per heavy atom. The van der Waals surface area contributed by atoms with Crippen LogP contribution in [0, 0.1) is 29.9 Å². The number of benzene rings is 1. The number of amides is 1. The Labute approximate surface area is 159 Å². The summed E-state index contributed by atoms with van der Waals surface area (Å²) in [6, 6.07) is 2.40. The lowest BCUT2D eigenvalue weighted by Gasteiger charge is -2.26. The fourth-order valence-electron chi connectivity index (χ4n) is 3.58. The predicted molar refractivity (Wildman–Crippen MR) is 102 cm³/mol. The Morgan fingerprint density at radius 2 is 1.89 bits per heavy atom. The summed E-state index contributed by atoms with van der Waals surface area (Å²) in [5.74, 6) is -0.320. The van der Waals surface area contributed by atoms with Crippen molar-refractivity contribution >= 4 is 21.6 Å². The molecule has 0 bridgehead atoms. The molecule has 0 atom stereocenters. The van der Waals surface area contributed by atoms with Crippen LogP contribution in [0.2, 0.25) is 0 Å². The van der Waals surface area contributed by atoms with Crippen LogP contribution in [0.15, 0.2) is 17.0 Å². The molecule has 1 amide bonds. The van der Waals surface area contributed by atoms with Gasteiger partial charge >= 0.3 is 0 Å². The number of nitrogens with zero attached hydrogens (tertiary/aromatic N) is 2. The van der Waals surface area contributed by atoms with Crippen LogP contribution in [0.5, 0.6) is 0 Å². The molecule has 1 aromatic rings. The van der Waals surface area contributed by atoms with E-state index in [2.05, 4.69) is 0 Å². The minimum atomic E-state index is -4.08. The molecule has 0 spiro atoms. The Kier molecular flexibility index (Phi) is 6.94. The highest BCUT2D eigenvalue weighted by atomic mass is 32.2. The van der Waals surface area contributed by atoms with Gasteiger partial charge in [0.15, 0.2) is 0 Å². The lowest BCUT2D eigenvalue weighted by Crippen LogP contribution is -2.40. The third kappa shape index (κ3) is 5.26. The molecule has 1 aromatic carbocycles. The zero-order valence-corrected chi connectivity index (χ0v) is 16.6. The Balaban J connectivity index is 2.35. The van der Waals surface area contributed by atoms with Crippen LogP contribution in [-0.2, 0) is 14.8 Å². The highest BCUT2D eigenvalue weighted by Crippen LogP contribution is 2.30. The van der Waals surface area contributed by atoms with Gasteiger partial charge in [-0.2, -0.15) is 4.31 Å². The van der Waals surface area contributed by atoms with E-state index < -0.39 is 27.4 Å². The van der Waals surface area contributed by atoms with Crippen LogP contribution in [0.3, 0.4) is 0 Å². The van der Waals surface area contributed by atoms with Gasteiger partial charge in [0, 0.05) is 18.7 Å². The number of aryl methyl sites for hydroxylation is 1. The van der Waals surface area contributed by atoms with Gasteiger partial charge in [0.1, 0.15) is 0 Å². The van der Waals surface area contributed by atoms with Gasteiger partial charge < -0.3 is 5.73 Å². The molecular weight excluding hydrogens is 370 g/mol. The van der Waals surface area contributed by atoms with E-state index in [1.54, 1.807) is 13.8 Å². The van der Waals surface area contributed by atoms with Gasteiger partial charge in [-0.1, -0.05) is 32.1 Å². The number of nitro benzene ring substituents is 1. The third-order valence-corrected chi connectivity index (χ3v) is 7.25. The summed E-state index contributed by atoms with van der Waals surface area (Å²) >= 11 is 0. The number of nitro groups is 1. The Hall–Kier alpha value is -2.00. The van der Waals surface area contributed by atoms with Crippen molar-refractivity contribution in [3.05, 3.63) is 33.4 Å². The van der Waals surface area contributed by atoms with Gasteiger partial charge in [0.05, 0.1) is 16.4 Å². The third-order valence-electron chi connectivity index (χ3n) is 5.28. The van der Waals surface area contributed by atoms with Crippen LogP contribution in [0.25, 0.3) is 0 Å². The first kappa shape index (κ1) is 21.3. The molecule has 2 rings (SSSR count). The molecule has 0 saturated heterocycles. The minimum absolute atomic E-state index is 0.140. The average molecular weight is 397 g/mol. The van der Waals surface area contributed by atoms with Crippen molar-refractivity contribution in [1.82, 2.24) is 4.31 Å². The lowest BCUT2D eigenvalue weighted by molar-refractivity contribution is -0.385. The second-order valence-corrected chi connectivity index (χ2v) is 9.15.